The fourth-order valence-corrected chi connectivity index (χ4v) is 6.96. The monoisotopic (exact) mass is 486 g/mol. The lowest BCUT2D eigenvalue weighted by molar-refractivity contribution is -0.139. The fraction of sp³-hybridized carbons (Fsp3) is 0.448. The van der Waals surface area contributed by atoms with Crippen molar-refractivity contribution in [3.63, 3.8) is 0 Å². The van der Waals surface area contributed by atoms with E-state index in [1.807, 2.05) is 38.1 Å². The van der Waals surface area contributed by atoms with Crippen molar-refractivity contribution in [2.45, 2.75) is 46.0 Å². The molecule has 6 rings (SSSR count). The molecule has 5 atom stereocenters. The number of esters is 1. The van der Waals surface area contributed by atoms with Gasteiger partial charge in [0.05, 0.1) is 23.4 Å². The van der Waals surface area contributed by atoms with Gasteiger partial charge in [-0.15, -0.1) is 0 Å². The van der Waals surface area contributed by atoms with Crippen LogP contribution in [0.5, 0.6) is 5.75 Å². The van der Waals surface area contributed by atoms with Gasteiger partial charge >= 0.3 is 5.97 Å². The normalized spacial score (nSPS) is 28.8. The summed E-state index contributed by atoms with van der Waals surface area (Å²) in [6.45, 7) is 4.14. The van der Waals surface area contributed by atoms with Crippen LogP contribution in [0.1, 0.15) is 43.7 Å². The van der Waals surface area contributed by atoms with E-state index in [9.17, 15) is 19.2 Å². The van der Waals surface area contributed by atoms with E-state index in [1.54, 1.807) is 23.1 Å². The molecule has 2 bridgehead atoms. The summed E-state index contributed by atoms with van der Waals surface area (Å²) in [5, 5.41) is 0. The van der Waals surface area contributed by atoms with Gasteiger partial charge in [0, 0.05) is 18.7 Å². The van der Waals surface area contributed by atoms with Crippen molar-refractivity contribution in [2.24, 2.45) is 29.6 Å². The number of benzene rings is 2. The third-order valence-corrected chi connectivity index (χ3v) is 8.68. The van der Waals surface area contributed by atoms with E-state index in [0.29, 0.717) is 28.8 Å². The van der Waals surface area contributed by atoms with Crippen LogP contribution in [0, 0.1) is 36.5 Å². The summed E-state index contributed by atoms with van der Waals surface area (Å²) in [7, 11) is 0. The van der Waals surface area contributed by atoms with E-state index >= 15 is 0 Å². The minimum atomic E-state index is -0.556. The highest BCUT2D eigenvalue weighted by Gasteiger charge is 2.61. The molecule has 0 unspecified atom stereocenters. The highest BCUT2D eigenvalue weighted by atomic mass is 16.5. The summed E-state index contributed by atoms with van der Waals surface area (Å²) in [6.07, 6.45) is 3.98. The first-order valence-electron chi connectivity index (χ1n) is 13.0. The van der Waals surface area contributed by atoms with Crippen LogP contribution < -0.4 is 14.5 Å². The van der Waals surface area contributed by atoms with Gasteiger partial charge in [0.2, 0.25) is 17.7 Å². The summed E-state index contributed by atoms with van der Waals surface area (Å²) < 4.78 is 5.65. The summed E-state index contributed by atoms with van der Waals surface area (Å²) in [5.41, 5.74) is 3.18. The Kier molecular flexibility index (Phi) is 5.47. The second-order valence-electron chi connectivity index (χ2n) is 10.7. The molecule has 0 radical (unpaired) electrons. The van der Waals surface area contributed by atoms with Crippen LogP contribution in [0.15, 0.2) is 42.5 Å². The minimum Gasteiger partial charge on any atom is -0.426 e. The molecule has 36 heavy (non-hydrogen) atoms. The van der Waals surface area contributed by atoms with Crippen molar-refractivity contribution in [1.29, 1.82) is 0 Å². The van der Waals surface area contributed by atoms with Gasteiger partial charge in [0.1, 0.15) is 5.75 Å². The van der Waals surface area contributed by atoms with E-state index in [-0.39, 0.29) is 42.5 Å². The van der Waals surface area contributed by atoms with Crippen molar-refractivity contribution in [3.8, 4) is 5.75 Å². The fourth-order valence-electron chi connectivity index (χ4n) is 6.96. The topological polar surface area (TPSA) is 84.0 Å². The number of anilines is 2. The first-order chi connectivity index (χ1) is 17.4. The van der Waals surface area contributed by atoms with Gasteiger partial charge in [-0.1, -0.05) is 25.1 Å². The van der Waals surface area contributed by atoms with E-state index in [4.69, 9.17) is 4.74 Å². The molecule has 2 saturated carbocycles. The first-order valence-corrected chi connectivity index (χ1v) is 13.0. The van der Waals surface area contributed by atoms with E-state index in [1.165, 1.54) is 4.90 Å². The van der Waals surface area contributed by atoms with E-state index < -0.39 is 11.9 Å². The maximum atomic E-state index is 13.2. The molecule has 7 nitrogen and oxygen atoms in total. The Bertz CT molecular complexity index is 1260. The molecule has 2 aromatic carbocycles. The van der Waals surface area contributed by atoms with Gasteiger partial charge in [-0.25, -0.2) is 4.90 Å². The molecule has 0 aromatic heterocycles. The first kappa shape index (κ1) is 23.0. The van der Waals surface area contributed by atoms with Crippen molar-refractivity contribution >= 4 is 35.1 Å². The number of fused-ring (bicyclic) bond motifs is 5. The van der Waals surface area contributed by atoms with Crippen LogP contribution in [0.3, 0.4) is 0 Å². The number of aryl methyl sites for hydroxylation is 2. The van der Waals surface area contributed by atoms with Gasteiger partial charge in [-0.3, -0.25) is 19.2 Å². The maximum absolute atomic E-state index is 13.2. The van der Waals surface area contributed by atoms with Gasteiger partial charge in [-0.2, -0.15) is 0 Å². The Morgan fingerprint density at radius 2 is 1.67 bits per heavy atom. The molecule has 2 aliphatic carbocycles. The predicted octanol–water partition coefficient (Wildman–Crippen LogP) is 4.05. The Balaban J connectivity index is 1.16. The van der Waals surface area contributed by atoms with Crippen molar-refractivity contribution in [1.82, 2.24) is 0 Å². The van der Waals surface area contributed by atoms with Gasteiger partial charge < -0.3 is 9.64 Å². The minimum absolute atomic E-state index is 0.0815. The van der Waals surface area contributed by atoms with Gasteiger partial charge in [0.25, 0.3) is 0 Å². The van der Waals surface area contributed by atoms with Crippen LogP contribution in [0.4, 0.5) is 11.4 Å². The van der Waals surface area contributed by atoms with Crippen molar-refractivity contribution < 1.29 is 23.9 Å². The summed E-state index contributed by atoms with van der Waals surface area (Å²) in [4.78, 5) is 55.0. The Hall–Kier alpha value is -3.48. The zero-order chi connectivity index (χ0) is 25.1. The number of para-hydroxylation sites is 1. The zero-order valence-electron chi connectivity index (χ0n) is 20.6. The lowest BCUT2D eigenvalue weighted by Gasteiger charge is -2.20. The predicted molar refractivity (Wildman–Crippen MR) is 133 cm³/mol. The largest absolute Gasteiger partial charge is 0.426 e. The van der Waals surface area contributed by atoms with Crippen LogP contribution in [0.25, 0.3) is 0 Å². The molecule has 0 N–H and O–H groups in total. The molecule has 2 aromatic rings. The molecular weight excluding hydrogens is 456 g/mol. The van der Waals surface area contributed by atoms with Crippen molar-refractivity contribution in [3.05, 3.63) is 53.6 Å². The van der Waals surface area contributed by atoms with Crippen LogP contribution in [-0.4, -0.2) is 30.2 Å². The number of hydrogen-bond acceptors (Lipinski definition) is 5. The number of carbonyl (C=O) groups is 4. The molecular formula is C29H30N2O5. The van der Waals surface area contributed by atoms with E-state index in [2.05, 4.69) is 0 Å². The van der Waals surface area contributed by atoms with Crippen LogP contribution >= 0.6 is 0 Å². The Morgan fingerprint density at radius 1 is 0.972 bits per heavy atom. The van der Waals surface area contributed by atoms with Gasteiger partial charge in [0.15, 0.2) is 0 Å². The average molecular weight is 487 g/mol. The second kappa shape index (κ2) is 8.57. The molecule has 4 fully saturated rings. The number of ether oxygens (including phenoxy) is 1. The number of carbonyl (C=O) groups excluding carboxylic acids is 4. The number of nitrogens with zero attached hydrogens (tertiary/aromatic N) is 2. The smallest absolute Gasteiger partial charge is 0.316 e. The SMILES string of the molecule is CCc1ccccc1N1C[C@H](C(=O)Oc2ccc(N3C(=O)[C@@H]4[C@H]5CC[C@@H](C5)[C@@H]4C3=O)c(C)c2)CC1=O. The highest BCUT2D eigenvalue weighted by Crippen LogP contribution is 2.56. The molecule has 186 valence electrons. The van der Waals surface area contributed by atoms with Crippen LogP contribution in [-0.2, 0) is 25.6 Å². The second-order valence-corrected chi connectivity index (χ2v) is 10.7. The molecule has 0 spiro atoms. The molecule has 2 heterocycles. The zero-order valence-corrected chi connectivity index (χ0v) is 20.6. The maximum Gasteiger partial charge on any atom is 0.316 e. The summed E-state index contributed by atoms with van der Waals surface area (Å²) in [5.74, 6) is -0.590. The highest BCUT2D eigenvalue weighted by molar-refractivity contribution is 6.23. The molecule has 4 aliphatic rings. The summed E-state index contributed by atoms with van der Waals surface area (Å²) in [6, 6.07) is 12.8. The van der Waals surface area contributed by atoms with Gasteiger partial charge in [-0.05, 0) is 79.8 Å². The van der Waals surface area contributed by atoms with Crippen molar-refractivity contribution in [2.75, 3.05) is 16.3 Å². The molecule has 2 saturated heterocycles. The third-order valence-electron chi connectivity index (χ3n) is 8.68. The average Bonchev–Trinajstić information content (AvgIpc) is 3.63. The number of amides is 3. The number of rotatable bonds is 5. The number of hydrogen-bond donors (Lipinski definition) is 0. The molecule has 7 heteroatoms. The standard InChI is InChI=1S/C29H30N2O5/c1-3-17-6-4-5-7-23(17)30-15-20(14-24(30)32)29(35)36-21-10-11-22(16(2)12-21)31-27(33)25-18-8-9-19(13-18)26(25)28(31)34/h4-7,10-12,18-20,25-26H,3,8-9,13-15H2,1-2H3/t18-,19-,20+,25-,26+/m0/s1. The lowest BCUT2D eigenvalue weighted by Crippen LogP contribution is -2.33. The van der Waals surface area contributed by atoms with Crippen LogP contribution in [0.2, 0.25) is 0 Å². The summed E-state index contributed by atoms with van der Waals surface area (Å²) >= 11 is 0. The number of imide groups is 1. The Morgan fingerprint density at radius 3 is 2.33 bits per heavy atom. The lowest BCUT2D eigenvalue weighted by atomic mass is 9.81. The molecule has 2 aliphatic heterocycles. The third kappa shape index (κ3) is 3.47. The Labute approximate surface area is 210 Å². The molecule has 3 amide bonds. The quantitative estimate of drug-likeness (QED) is 0.362. The van der Waals surface area contributed by atoms with E-state index in [0.717, 1.165) is 36.9 Å².